The number of methoxy groups -OCH3 is 2. The zero-order valence-electron chi connectivity index (χ0n) is 28.3. The molecule has 0 atom stereocenters. The number of hydrogen-bond acceptors (Lipinski definition) is 2. The highest BCUT2D eigenvalue weighted by molar-refractivity contribution is 6.12. The van der Waals surface area contributed by atoms with Crippen LogP contribution in [0.25, 0.3) is 54.9 Å². The Morgan fingerprint density at radius 1 is 0.532 bits per heavy atom. The van der Waals surface area contributed by atoms with E-state index >= 15 is 0 Å². The van der Waals surface area contributed by atoms with Crippen molar-refractivity contribution in [2.24, 2.45) is 0 Å². The highest BCUT2D eigenvalue weighted by Gasteiger charge is 2.37. The van der Waals surface area contributed by atoms with Crippen LogP contribution in [0.5, 0.6) is 11.5 Å². The van der Waals surface area contributed by atoms with Gasteiger partial charge in [-0.2, -0.15) is 0 Å². The largest absolute Gasteiger partial charge is 0.497 e. The molecule has 1 aliphatic rings. The third-order valence-corrected chi connectivity index (χ3v) is 10.3. The highest BCUT2D eigenvalue weighted by Crippen LogP contribution is 2.50. The average molecular weight is 621 g/mol. The third-order valence-electron chi connectivity index (χ3n) is 10.3. The second-order valence-electron chi connectivity index (χ2n) is 13.3. The Bertz CT molecular complexity index is 1910. The minimum Gasteiger partial charge on any atom is -0.497 e. The van der Waals surface area contributed by atoms with Gasteiger partial charge in [-0.15, -0.1) is 0 Å². The van der Waals surface area contributed by atoms with Crippen molar-refractivity contribution in [3.63, 3.8) is 0 Å². The fourth-order valence-corrected chi connectivity index (χ4v) is 7.92. The van der Waals surface area contributed by atoms with Gasteiger partial charge < -0.3 is 14.0 Å². The van der Waals surface area contributed by atoms with Gasteiger partial charge in [-0.3, -0.25) is 0 Å². The van der Waals surface area contributed by atoms with Crippen LogP contribution in [-0.2, 0) is 13.1 Å². The Balaban J connectivity index is 1.67. The van der Waals surface area contributed by atoms with E-state index in [4.69, 9.17) is 9.47 Å². The van der Waals surface area contributed by atoms with Gasteiger partial charge in [-0.05, 0) is 93.0 Å². The molecule has 0 spiro atoms. The van der Waals surface area contributed by atoms with E-state index in [9.17, 15) is 0 Å². The lowest BCUT2D eigenvalue weighted by molar-refractivity contribution is -0.953. The van der Waals surface area contributed by atoms with Crippen molar-refractivity contribution < 1.29 is 14.0 Å². The van der Waals surface area contributed by atoms with E-state index < -0.39 is 0 Å². The standard InChI is InChI=1S/C44H46NO2/c1-5-7-23-45(24-8-6-2)29-41-39(31-17-13-19-35(25-31)46-3)27-33-15-9-11-21-37(33)43(41)44-38-22-12-10-16-34(38)28-40(42(44)30-45)32-18-14-20-36(26-32)47-4/h9-22,25-28H,5-8,23-24,29-30H2,1-4H3/q+1. The Labute approximate surface area is 280 Å². The van der Waals surface area contributed by atoms with Gasteiger partial charge in [0, 0.05) is 22.3 Å². The van der Waals surface area contributed by atoms with E-state index in [0.717, 1.165) is 42.2 Å². The molecule has 0 amide bonds. The fraction of sp³-hybridized carbons (Fsp3) is 0.273. The maximum Gasteiger partial charge on any atom is 0.119 e. The van der Waals surface area contributed by atoms with Gasteiger partial charge in [-0.1, -0.05) is 99.5 Å². The highest BCUT2D eigenvalue weighted by atomic mass is 16.5. The molecular formula is C44H46NO2+. The van der Waals surface area contributed by atoms with Crippen molar-refractivity contribution in [2.75, 3.05) is 27.3 Å². The fourth-order valence-electron chi connectivity index (χ4n) is 7.92. The monoisotopic (exact) mass is 620 g/mol. The molecule has 3 nitrogen and oxygen atoms in total. The molecule has 1 heterocycles. The third kappa shape index (κ3) is 5.79. The van der Waals surface area contributed by atoms with Crippen LogP contribution in [0, 0.1) is 0 Å². The summed E-state index contributed by atoms with van der Waals surface area (Å²) in [6, 6.07) is 40.2. The molecule has 0 bridgehead atoms. The summed E-state index contributed by atoms with van der Waals surface area (Å²) in [6.45, 7) is 8.97. The molecule has 0 radical (unpaired) electrons. The van der Waals surface area contributed by atoms with Gasteiger partial charge in [0.2, 0.25) is 0 Å². The molecule has 238 valence electrons. The number of rotatable bonds is 10. The number of ether oxygens (including phenoxy) is 2. The molecule has 0 saturated carbocycles. The van der Waals surface area contributed by atoms with Crippen molar-refractivity contribution >= 4 is 21.5 Å². The Morgan fingerprint density at radius 2 is 0.979 bits per heavy atom. The Hall–Kier alpha value is -4.60. The van der Waals surface area contributed by atoms with Crippen molar-refractivity contribution in [1.82, 2.24) is 0 Å². The number of quaternary nitrogens is 1. The zero-order valence-corrected chi connectivity index (χ0v) is 28.3. The minimum absolute atomic E-state index is 0.891. The molecule has 7 rings (SSSR count). The van der Waals surface area contributed by atoms with Crippen molar-refractivity contribution in [2.45, 2.75) is 52.6 Å². The Morgan fingerprint density at radius 3 is 1.40 bits per heavy atom. The van der Waals surface area contributed by atoms with Crippen LogP contribution in [-0.4, -0.2) is 31.8 Å². The first-order valence-corrected chi connectivity index (χ1v) is 17.3. The smallest absolute Gasteiger partial charge is 0.119 e. The molecule has 0 N–H and O–H groups in total. The first-order valence-electron chi connectivity index (χ1n) is 17.3. The topological polar surface area (TPSA) is 18.5 Å². The molecule has 0 unspecified atom stereocenters. The molecule has 0 saturated heterocycles. The molecule has 6 aromatic rings. The van der Waals surface area contributed by atoms with Crippen LogP contribution in [0.2, 0.25) is 0 Å². The zero-order chi connectivity index (χ0) is 32.4. The van der Waals surface area contributed by atoms with Crippen LogP contribution < -0.4 is 9.47 Å². The molecule has 6 aromatic carbocycles. The summed E-state index contributed by atoms with van der Waals surface area (Å²) < 4.78 is 12.6. The van der Waals surface area contributed by atoms with Gasteiger partial charge in [-0.25, -0.2) is 0 Å². The average Bonchev–Trinajstić information content (AvgIpc) is 3.28. The number of nitrogens with zero attached hydrogens (tertiary/aromatic N) is 1. The van der Waals surface area contributed by atoms with Crippen LogP contribution >= 0.6 is 0 Å². The second-order valence-corrected chi connectivity index (χ2v) is 13.3. The minimum atomic E-state index is 0.891. The van der Waals surface area contributed by atoms with Crippen molar-refractivity contribution in [1.29, 1.82) is 0 Å². The summed E-state index contributed by atoms with van der Waals surface area (Å²) in [6.07, 6.45) is 4.79. The second kappa shape index (κ2) is 13.3. The summed E-state index contributed by atoms with van der Waals surface area (Å²) in [4.78, 5) is 0. The van der Waals surface area contributed by atoms with E-state index in [2.05, 4.69) is 123 Å². The number of unbranched alkanes of at least 4 members (excludes halogenated alkanes) is 2. The van der Waals surface area contributed by atoms with E-state index in [0.29, 0.717) is 0 Å². The maximum atomic E-state index is 5.76. The molecular weight excluding hydrogens is 574 g/mol. The van der Waals surface area contributed by atoms with Gasteiger partial charge in [0.1, 0.15) is 24.6 Å². The van der Waals surface area contributed by atoms with E-state index in [1.54, 1.807) is 14.2 Å². The molecule has 3 heteroatoms. The number of benzene rings is 6. The van der Waals surface area contributed by atoms with Gasteiger partial charge in [0.25, 0.3) is 0 Å². The number of fused-ring (bicyclic) bond motifs is 7. The predicted octanol–water partition coefficient (Wildman–Crippen LogP) is 11.4. The first-order chi connectivity index (χ1) is 23.1. The van der Waals surface area contributed by atoms with Gasteiger partial charge in [0.05, 0.1) is 27.3 Å². The summed E-state index contributed by atoms with van der Waals surface area (Å²) >= 11 is 0. The molecule has 0 aromatic heterocycles. The quantitative estimate of drug-likeness (QED) is 0.142. The molecule has 0 fully saturated rings. The lowest BCUT2D eigenvalue weighted by atomic mass is 9.82. The SMILES string of the molecule is CCCC[N+]1(CCCC)Cc2c(-c3cccc(OC)c3)cc3ccccc3c2-c2c(c(-c3cccc(OC)c3)cc3ccccc23)C1. The van der Waals surface area contributed by atoms with E-state index in [1.165, 1.54) is 91.7 Å². The first kappa shape index (κ1) is 31.0. The summed E-state index contributed by atoms with van der Waals surface area (Å²) in [5.41, 5.74) is 10.8. The normalized spacial score (nSPS) is 13.6. The summed E-state index contributed by atoms with van der Waals surface area (Å²) in [7, 11) is 3.53. The van der Waals surface area contributed by atoms with Crippen LogP contribution in [0.15, 0.2) is 109 Å². The predicted molar refractivity (Wildman–Crippen MR) is 198 cm³/mol. The summed E-state index contributed by atoms with van der Waals surface area (Å²) in [5, 5.41) is 5.20. The van der Waals surface area contributed by atoms with Crippen molar-refractivity contribution in [3.8, 4) is 44.9 Å². The molecule has 47 heavy (non-hydrogen) atoms. The van der Waals surface area contributed by atoms with Gasteiger partial charge >= 0.3 is 0 Å². The van der Waals surface area contributed by atoms with E-state index in [1.807, 2.05) is 0 Å². The lowest BCUT2D eigenvalue weighted by Crippen LogP contribution is -2.47. The van der Waals surface area contributed by atoms with Crippen molar-refractivity contribution in [3.05, 3.63) is 120 Å². The maximum absolute atomic E-state index is 5.76. The van der Waals surface area contributed by atoms with Gasteiger partial charge in [0.15, 0.2) is 0 Å². The number of hydrogen-bond donors (Lipinski definition) is 0. The summed E-state index contributed by atoms with van der Waals surface area (Å²) in [5.74, 6) is 1.78. The Kier molecular flexibility index (Phi) is 8.75. The van der Waals surface area contributed by atoms with Crippen LogP contribution in [0.3, 0.4) is 0 Å². The van der Waals surface area contributed by atoms with E-state index in [-0.39, 0.29) is 0 Å². The lowest BCUT2D eigenvalue weighted by Gasteiger charge is -2.39. The van der Waals surface area contributed by atoms with Crippen LogP contribution in [0.4, 0.5) is 0 Å². The molecule has 0 aliphatic carbocycles. The van der Waals surface area contributed by atoms with Crippen LogP contribution in [0.1, 0.15) is 50.7 Å². The molecule has 1 aliphatic heterocycles.